The molecule has 0 saturated carbocycles. The van der Waals surface area contributed by atoms with Crippen molar-refractivity contribution in [2.24, 2.45) is 0 Å². The Hall–Kier alpha value is -1.01. The molecule has 20 heavy (non-hydrogen) atoms. The summed E-state index contributed by atoms with van der Waals surface area (Å²) in [6, 6.07) is 6.42. The number of nitrogens with zero attached hydrogens (tertiary/aromatic N) is 2. The molecular weight excluding hydrogens is 389 g/mol. The first-order valence-electron chi connectivity index (χ1n) is 6.18. The molecule has 0 atom stereocenters. The predicted molar refractivity (Wildman–Crippen MR) is 85.2 cm³/mol. The largest absolute Gasteiger partial charge is 0.366 e. The number of rotatable bonds is 4. The van der Waals surface area contributed by atoms with Gasteiger partial charge >= 0.3 is 0 Å². The van der Waals surface area contributed by atoms with Gasteiger partial charge in [0.05, 0.1) is 0 Å². The lowest BCUT2D eigenvalue weighted by atomic mass is 10.2. The average molecular weight is 403 g/mol. The summed E-state index contributed by atoms with van der Waals surface area (Å²) in [5.74, 6) is 1.47. The molecule has 1 aromatic heterocycles. The van der Waals surface area contributed by atoms with E-state index in [2.05, 4.69) is 47.1 Å². The summed E-state index contributed by atoms with van der Waals surface area (Å²) in [6.45, 7) is 4.56. The summed E-state index contributed by atoms with van der Waals surface area (Å²) in [5, 5.41) is 3.19. The fraction of sp³-hybridized carbons (Fsp3) is 0.286. The third-order valence-corrected chi connectivity index (χ3v) is 3.88. The second-order valence-corrected chi connectivity index (χ2v) is 6.34. The lowest BCUT2D eigenvalue weighted by Crippen LogP contribution is -2.06. The van der Waals surface area contributed by atoms with Crippen molar-refractivity contribution >= 4 is 37.7 Å². The van der Waals surface area contributed by atoms with Crippen LogP contribution in [0.25, 0.3) is 0 Å². The summed E-state index contributed by atoms with van der Waals surface area (Å²) < 4.78 is 14.8. The highest BCUT2D eigenvalue weighted by molar-refractivity contribution is 9.10. The second kappa shape index (κ2) is 6.63. The highest BCUT2D eigenvalue weighted by Crippen LogP contribution is 2.21. The van der Waals surface area contributed by atoms with Crippen LogP contribution in [-0.2, 0) is 6.54 Å². The topological polar surface area (TPSA) is 37.8 Å². The number of aromatic nitrogens is 2. The first-order chi connectivity index (χ1) is 9.45. The van der Waals surface area contributed by atoms with E-state index in [-0.39, 0.29) is 11.7 Å². The molecule has 0 fully saturated rings. The van der Waals surface area contributed by atoms with Crippen LogP contribution in [0.15, 0.2) is 33.3 Å². The van der Waals surface area contributed by atoms with E-state index in [0.29, 0.717) is 12.4 Å². The van der Waals surface area contributed by atoms with Crippen LogP contribution in [-0.4, -0.2) is 9.97 Å². The summed E-state index contributed by atoms with van der Waals surface area (Å²) in [6.07, 6.45) is 0. The van der Waals surface area contributed by atoms with E-state index < -0.39 is 0 Å². The van der Waals surface area contributed by atoms with Crippen molar-refractivity contribution in [3.8, 4) is 0 Å². The van der Waals surface area contributed by atoms with Crippen molar-refractivity contribution in [3.63, 3.8) is 0 Å². The van der Waals surface area contributed by atoms with Gasteiger partial charge in [-0.3, -0.25) is 0 Å². The number of hydrogen-bond acceptors (Lipinski definition) is 3. The third kappa shape index (κ3) is 3.99. The molecule has 6 heteroatoms. The van der Waals surface area contributed by atoms with Gasteiger partial charge in [0.25, 0.3) is 0 Å². The minimum absolute atomic E-state index is 0.244. The molecule has 0 aliphatic rings. The Bertz CT molecular complexity index is 617. The highest BCUT2D eigenvalue weighted by atomic mass is 79.9. The minimum atomic E-state index is -0.253. The smallest absolute Gasteiger partial charge is 0.134 e. The normalized spacial score (nSPS) is 10.9. The summed E-state index contributed by atoms with van der Waals surface area (Å²) in [4.78, 5) is 8.76. The maximum Gasteiger partial charge on any atom is 0.134 e. The van der Waals surface area contributed by atoms with Gasteiger partial charge in [-0.05, 0) is 39.7 Å². The Kier molecular flexibility index (Phi) is 5.10. The van der Waals surface area contributed by atoms with Gasteiger partial charge in [0.1, 0.15) is 22.1 Å². The number of nitrogens with one attached hydrogen (secondary N) is 1. The molecule has 1 N–H and O–H groups in total. The van der Waals surface area contributed by atoms with Crippen LogP contribution in [0.4, 0.5) is 10.2 Å². The van der Waals surface area contributed by atoms with Gasteiger partial charge in [0, 0.05) is 23.0 Å². The molecule has 1 aromatic carbocycles. The van der Waals surface area contributed by atoms with Crippen molar-refractivity contribution in [2.75, 3.05) is 5.32 Å². The molecule has 0 radical (unpaired) electrons. The molecule has 0 saturated heterocycles. The van der Waals surface area contributed by atoms with Crippen molar-refractivity contribution in [2.45, 2.75) is 26.3 Å². The molecule has 2 aromatic rings. The minimum Gasteiger partial charge on any atom is -0.366 e. The molecule has 1 heterocycles. The molecule has 0 unspecified atom stereocenters. The summed E-state index contributed by atoms with van der Waals surface area (Å²) in [5.41, 5.74) is 0.839. The number of benzene rings is 1. The monoisotopic (exact) mass is 401 g/mol. The fourth-order valence-electron chi connectivity index (χ4n) is 1.65. The van der Waals surface area contributed by atoms with Crippen LogP contribution in [0.5, 0.6) is 0 Å². The molecular formula is C14H14Br2FN3. The van der Waals surface area contributed by atoms with E-state index in [4.69, 9.17) is 0 Å². The van der Waals surface area contributed by atoms with Gasteiger partial charge in [-0.2, -0.15) is 0 Å². The zero-order chi connectivity index (χ0) is 14.7. The molecule has 0 bridgehead atoms. The van der Waals surface area contributed by atoms with Crippen LogP contribution in [0, 0.1) is 5.82 Å². The Morgan fingerprint density at radius 2 is 1.95 bits per heavy atom. The Labute approximate surface area is 134 Å². The van der Waals surface area contributed by atoms with E-state index >= 15 is 0 Å². The number of anilines is 1. The molecule has 0 amide bonds. The molecule has 0 aliphatic carbocycles. The molecule has 0 aliphatic heterocycles. The van der Waals surface area contributed by atoms with Gasteiger partial charge in [-0.15, -0.1) is 0 Å². The third-order valence-electron chi connectivity index (χ3n) is 2.70. The van der Waals surface area contributed by atoms with Gasteiger partial charge < -0.3 is 5.32 Å². The zero-order valence-electron chi connectivity index (χ0n) is 11.1. The SMILES string of the molecule is CC(C)c1nc(Br)cc(NCc2cc(F)ccc2Br)n1. The van der Waals surface area contributed by atoms with Crippen LogP contribution in [0.1, 0.15) is 31.2 Å². The molecule has 0 spiro atoms. The van der Waals surface area contributed by atoms with E-state index in [1.54, 1.807) is 12.1 Å². The standard InChI is InChI=1S/C14H14Br2FN3/c1-8(2)14-19-12(16)6-13(20-14)18-7-9-5-10(17)3-4-11(9)15/h3-6,8H,7H2,1-2H3,(H,18,19,20). The first-order valence-corrected chi connectivity index (χ1v) is 7.76. The highest BCUT2D eigenvalue weighted by Gasteiger charge is 2.08. The van der Waals surface area contributed by atoms with Crippen LogP contribution >= 0.6 is 31.9 Å². The van der Waals surface area contributed by atoms with Gasteiger partial charge in [0.15, 0.2) is 0 Å². The Balaban J connectivity index is 2.16. The van der Waals surface area contributed by atoms with Crippen molar-refractivity contribution in [1.29, 1.82) is 0 Å². The van der Waals surface area contributed by atoms with E-state index in [0.717, 1.165) is 20.5 Å². The quantitative estimate of drug-likeness (QED) is 0.740. The van der Waals surface area contributed by atoms with Crippen molar-refractivity contribution in [1.82, 2.24) is 9.97 Å². The number of halogens is 3. The molecule has 2 rings (SSSR count). The lowest BCUT2D eigenvalue weighted by Gasteiger charge is -2.10. The van der Waals surface area contributed by atoms with Crippen LogP contribution in [0.2, 0.25) is 0 Å². The van der Waals surface area contributed by atoms with Crippen molar-refractivity contribution in [3.05, 3.63) is 50.5 Å². The Morgan fingerprint density at radius 3 is 2.65 bits per heavy atom. The van der Waals surface area contributed by atoms with E-state index in [1.807, 2.05) is 13.8 Å². The number of hydrogen-bond donors (Lipinski definition) is 1. The maximum absolute atomic E-state index is 13.2. The van der Waals surface area contributed by atoms with E-state index in [9.17, 15) is 4.39 Å². The zero-order valence-corrected chi connectivity index (χ0v) is 14.3. The first kappa shape index (κ1) is 15.4. The lowest BCUT2D eigenvalue weighted by molar-refractivity contribution is 0.625. The summed E-state index contributed by atoms with van der Waals surface area (Å²) in [7, 11) is 0. The molecule has 3 nitrogen and oxygen atoms in total. The summed E-state index contributed by atoms with van der Waals surface area (Å²) >= 11 is 6.78. The molecule has 106 valence electrons. The predicted octanol–water partition coefficient (Wildman–Crippen LogP) is 4.88. The van der Waals surface area contributed by atoms with Gasteiger partial charge in [-0.25, -0.2) is 14.4 Å². The fourth-order valence-corrected chi connectivity index (χ4v) is 2.43. The van der Waals surface area contributed by atoms with Gasteiger partial charge in [-0.1, -0.05) is 29.8 Å². The van der Waals surface area contributed by atoms with Crippen LogP contribution < -0.4 is 5.32 Å². The second-order valence-electron chi connectivity index (χ2n) is 4.68. The van der Waals surface area contributed by atoms with Crippen LogP contribution in [0.3, 0.4) is 0 Å². The maximum atomic E-state index is 13.2. The van der Waals surface area contributed by atoms with Crippen molar-refractivity contribution < 1.29 is 4.39 Å². The van der Waals surface area contributed by atoms with Gasteiger partial charge in [0.2, 0.25) is 0 Å². The average Bonchev–Trinajstić information content (AvgIpc) is 2.39. The van der Waals surface area contributed by atoms with E-state index in [1.165, 1.54) is 12.1 Å². The Morgan fingerprint density at radius 1 is 1.20 bits per heavy atom.